The van der Waals surface area contributed by atoms with Crippen LogP contribution in [0.25, 0.3) is 10.9 Å². The molecule has 1 aliphatic rings. The Kier molecular flexibility index (Phi) is 5.51. The number of para-hydroxylation sites is 1. The zero-order valence-corrected chi connectivity index (χ0v) is 18.1. The second-order valence-electron chi connectivity index (χ2n) is 8.06. The van der Waals surface area contributed by atoms with E-state index < -0.39 is 11.4 Å². The molecule has 156 valence electrons. The maximum Gasteiger partial charge on any atom is 0.323 e. The first-order valence-corrected chi connectivity index (χ1v) is 10.6. The summed E-state index contributed by atoms with van der Waals surface area (Å²) in [5.41, 5.74) is 3.17. The molecule has 4 rings (SSSR count). The highest BCUT2D eigenvalue weighted by Gasteiger charge is 2.39. The lowest BCUT2D eigenvalue weighted by atomic mass is 9.73. The molecule has 1 unspecified atom stereocenters. The van der Waals surface area contributed by atoms with Crippen LogP contribution < -0.4 is 5.32 Å². The summed E-state index contributed by atoms with van der Waals surface area (Å²) in [5, 5.41) is 14.3. The third-order valence-corrected chi connectivity index (χ3v) is 6.85. The summed E-state index contributed by atoms with van der Waals surface area (Å²) in [6, 6.07) is 13.2. The summed E-state index contributed by atoms with van der Waals surface area (Å²) in [5.74, 6) is -0.915. The lowest BCUT2D eigenvalue weighted by Gasteiger charge is -2.33. The van der Waals surface area contributed by atoms with Gasteiger partial charge in [0.05, 0.1) is 15.5 Å². The highest BCUT2D eigenvalue weighted by Crippen LogP contribution is 2.40. The van der Waals surface area contributed by atoms with Gasteiger partial charge in [-0.3, -0.25) is 9.59 Å². The monoisotopic (exact) mass is 444 g/mol. The molecule has 30 heavy (non-hydrogen) atoms. The number of hydrogen-bond donors (Lipinski definition) is 2. The molecule has 1 aromatic heterocycles. The predicted molar refractivity (Wildman–Crippen MR) is 118 cm³/mol. The molecule has 7 heteroatoms. The molecule has 0 bridgehead atoms. The van der Waals surface area contributed by atoms with Crippen molar-refractivity contribution < 1.29 is 14.7 Å². The molecule has 1 atom stereocenters. The van der Waals surface area contributed by atoms with Crippen LogP contribution in [0.5, 0.6) is 0 Å². The summed E-state index contributed by atoms with van der Waals surface area (Å²) in [4.78, 5) is 24.5. The van der Waals surface area contributed by atoms with Crippen molar-refractivity contribution in [3.63, 3.8) is 0 Å². The molecule has 1 amide bonds. The van der Waals surface area contributed by atoms with E-state index in [4.69, 9.17) is 23.2 Å². The highest BCUT2D eigenvalue weighted by molar-refractivity contribution is 6.42. The number of benzene rings is 2. The molecule has 5 nitrogen and oxygen atoms in total. The molecule has 1 aliphatic carbocycles. The Bertz CT molecular complexity index is 1150. The number of carboxylic acid groups (broad SMARTS) is 1. The van der Waals surface area contributed by atoms with Crippen molar-refractivity contribution in [2.24, 2.45) is 5.41 Å². The first-order valence-electron chi connectivity index (χ1n) is 9.82. The summed E-state index contributed by atoms with van der Waals surface area (Å²) in [7, 11) is 0. The van der Waals surface area contributed by atoms with Crippen LogP contribution in [0, 0.1) is 5.41 Å². The Morgan fingerprint density at radius 1 is 1.17 bits per heavy atom. The predicted octanol–water partition coefficient (Wildman–Crippen LogP) is 4.84. The van der Waals surface area contributed by atoms with Crippen LogP contribution >= 0.6 is 23.2 Å². The van der Waals surface area contributed by atoms with Gasteiger partial charge in [-0.15, -0.1) is 0 Å². The third kappa shape index (κ3) is 3.68. The van der Waals surface area contributed by atoms with Gasteiger partial charge in [-0.2, -0.15) is 0 Å². The average Bonchev–Trinajstić information content (AvgIpc) is 3.01. The lowest BCUT2D eigenvalue weighted by Crippen LogP contribution is -2.42. The SMILES string of the molecule is CC1(C(=O)NCc2cccc(Cl)c2Cl)CCc2c(c3ccccc3n2CC(=O)O)C1. The minimum atomic E-state index is -0.872. The first kappa shape index (κ1) is 20.8. The highest BCUT2D eigenvalue weighted by atomic mass is 35.5. The third-order valence-electron chi connectivity index (χ3n) is 5.99. The zero-order chi connectivity index (χ0) is 21.5. The molecule has 0 aliphatic heterocycles. The number of nitrogens with one attached hydrogen (secondary N) is 1. The van der Waals surface area contributed by atoms with Crippen molar-refractivity contribution in [1.82, 2.24) is 9.88 Å². The number of aromatic nitrogens is 1. The van der Waals surface area contributed by atoms with E-state index in [1.807, 2.05) is 47.9 Å². The van der Waals surface area contributed by atoms with Gasteiger partial charge in [0.15, 0.2) is 0 Å². The quantitative estimate of drug-likeness (QED) is 0.590. The van der Waals surface area contributed by atoms with E-state index in [1.54, 1.807) is 6.07 Å². The Labute approximate surface area is 184 Å². The van der Waals surface area contributed by atoms with Gasteiger partial charge in [-0.1, -0.05) is 60.5 Å². The molecule has 0 spiro atoms. The number of amides is 1. The molecule has 0 saturated carbocycles. The van der Waals surface area contributed by atoms with Crippen LogP contribution in [-0.4, -0.2) is 21.6 Å². The van der Waals surface area contributed by atoms with Crippen LogP contribution in [0.1, 0.15) is 30.2 Å². The van der Waals surface area contributed by atoms with E-state index in [9.17, 15) is 14.7 Å². The van der Waals surface area contributed by atoms with Gasteiger partial charge in [0, 0.05) is 23.1 Å². The van der Waals surface area contributed by atoms with Gasteiger partial charge in [-0.25, -0.2) is 0 Å². The van der Waals surface area contributed by atoms with Gasteiger partial charge in [-0.05, 0) is 42.5 Å². The van der Waals surface area contributed by atoms with Crippen LogP contribution in [0.4, 0.5) is 0 Å². The van der Waals surface area contributed by atoms with Crippen molar-refractivity contribution in [1.29, 1.82) is 0 Å². The zero-order valence-electron chi connectivity index (χ0n) is 16.5. The van der Waals surface area contributed by atoms with Crippen LogP contribution in [-0.2, 0) is 35.5 Å². The van der Waals surface area contributed by atoms with Gasteiger partial charge >= 0.3 is 5.97 Å². The molecule has 2 aromatic carbocycles. The Balaban J connectivity index is 1.60. The van der Waals surface area contributed by atoms with Crippen molar-refractivity contribution in [2.75, 3.05) is 0 Å². The Morgan fingerprint density at radius 2 is 1.93 bits per heavy atom. The van der Waals surface area contributed by atoms with E-state index in [-0.39, 0.29) is 12.5 Å². The minimum Gasteiger partial charge on any atom is -0.480 e. The number of carboxylic acids is 1. The second-order valence-corrected chi connectivity index (χ2v) is 8.84. The number of halogens is 2. The van der Waals surface area contributed by atoms with Crippen molar-refractivity contribution in [2.45, 2.75) is 39.3 Å². The van der Waals surface area contributed by atoms with Crippen LogP contribution in [0.15, 0.2) is 42.5 Å². The lowest BCUT2D eigenvalue weighted by molar-refractivity contribution is -0.137. The molecular weight excluding hydrogens is 423 g/mol. The second kappa shape index (κ2) is 7.97. The van der Waals surface area contributed by atoms with Gasteiger partial charge in [0.1, 0.15) is 6.54 Å². The fourth-order valence-electron chi connectivity index (χ4n) is 4.37. The summed E-state index contributed by atoms with van der Waals surface area (Å²) in [6.45, 7) is 2.20. The molecule has 1 heterocycles. The van der Waals surface area contributed by atoms with Gasteiger partial charge in [0.2, 0.25) is 5.91 Å². The smallest absolute Gasteiger partial charge is 0.323 e. The van der Waals surface area contributed by atoms with Gasteiger partial charge < -0.3 is 15.0 Å². The number of aliphatic carboxylic acids is 1. The maximum atomic E-state index is 13.1. The van der Waals surface area contributed by atoms with Crippen molar-refractivity contribution in [3.05, 3.63) is 69.3 Å². The fraction of sp³-hybridized carbons (Fsp3) is 0.304. The number of carbonyl (C=O) groups is 2. The average molecular weight is 445 g/mol. The molecule has 0 saturated heterocycles. The van der Waals surface area contributed by atoms with Crippen molar-refractivity contribution in [3.8, 4) is 0 Å². The van der Waals surface area contributed by atoms with Gasteiger partial charge in [0.25, 0.3) is 0 Å². The maximum absolute atomic E-state index is 13.1. The fourth-order valence-corrected chi connectivity index (χ4v) is 4.75. The Hall–Kier alpha value is -2.50. The first-order chi connectivity index (χ1) is 14.3. The number of rotatable bonds is 5. The number of nitrogens with zero attached hydrogens (tertiary/aromatic N) is 1. The molecule has 3 aromatic rings. The van der Waals surface area contributed by atoms with Crippen molar-refractivity contribution >= 4 is 46.0 Å². The molecule has 2 N–H and O–H groups in total. The standard InChI is InChI=1S/C23H22Cl2N2O3/c1-23(22(30)26-12-14-5-4-7-17(24)21(14)25)10-9-19-16(11-23)15-6-2-3-8-18(15)27(19)13-20(28)29/h2-8H,9-13H2,1H3,(H,26,30)(H,28,29). The summed E-state index contributed by atoms with van der Waals surface area (Å²) >= 11 is 12.3. The summed E-state index contributed by atoms with van der Waals surface area (Å²) in [6.07, 6.45) is 1.86. The summed E-state index contributed by atoms with van der Waals surface area (Å²) < 4.78 is 1.87. The van der Waals surface area contributed by atoms with E-state index in [1.165, 1.54) is 0 Å². The minimum absolute atomic E-state index is 0.0424. The molecule has 0 fully saturated rings. The topological polar surface area (TPSA) is 71.3 Å². The van der Waals surface area contributed by atoms with E-state index in [0.717, 1.165) is 27.7 Å². The Morgan fingerprint density at radius 3 is 2.70 bits per heavy atom. The normalized spacial score (nSPS) is 18.2. The number of fused-ring (bicyclic) bond motifs is 3. The number of hydrogen-bond acceptors (Lipinski definition) is 2. The van der Waals surface area contributed by atoms with E-state index in [2.05, 4.69) is 5.32 Å². The van der Waals surface area contributed by atoms with E-state index >= 15 is 0 Å². The molecule has 0 radical (unpaired) electrons. The van der Waals surface area contributed by atoms with Crippen LogP contribution in [0.3, 0.4) is 0 Å². The molecular formula is C23H22Cl2N2O3. The van der Waals surface area contributed by atoms with E-state index in [0.29, 0.717) is 35.9 Å². The van der Waals surface area contributed by atoms with Crippen LogP contribution in [0.2, 0.25) is 10.0 Å². The number of carbonyl (C=O) groups excluding carboxylic acids is 1. The largest absolute Gasteiger partial charge is 0.480 e.